The normalized spacial score (nSPS) is 9.00. The lowest BCUT2D eigenvalue weighted by Gasteiger charge is -1.79. The number of thiazole rings is 1. The lowest BCUT2D eigenvalue weighted by molar-refractivity contribution is 1.29. The van der Waals surface area contributed by atoms with Crippen LogP contribution in [-0.2, 0) is 6.42 Å². The average molecular weight is 124 g/mol. The van der Waals surface area contributed by atoms with E-state index >= 15 is 0 Å². The summed E-state index contributed by atoms with van der Waals surface area (Å²) in [6.07, 6.45) is 4.59. The smallest absolute Gasteiger partial charge is 0.152 e. The van der Waals surface area contributed by atoms with E-state index in [-0.39, 0.29) is 0 Å². The predicted molar refractivity (Wildman–Crippen MR) is 34.9 cm³/mol. The van der Waals surface area contributed by atoms with Crippen molar-refractivity contribution in [3.05, 3.63) is 29.2 Å². The Bertz CT molecular complexity index is 155. The van der Waals surface area contributed by atoms with Gasteiger partial charge in [-0.2, -0.15) is 0 Å². The highest BCUT2D eigenvalue weighted by atomic mass is 32.1. The first-order valence-electron chi connectivity index (χ1n) is 2.35. The van der Waals surface area contributed by atoms with E-state index in [2.05, 4.69) is 17.1 Å². The number of nitrogens with zero attached hydrogens (tertiary/aromatic N) is 1. The number of rotatable bonds is 2. The van der Waals surface area contributed by atoms with Crippen molar-refractivity contribution in [2.75, 3.05) is 0 Å². The molecule has 1 aromatic rings. The van der Waals surface area contributed by atoms with Crippen LogP contribution in [0.1, 0.15) is 4.88 Å². The minimum absolute atomic E-state index is 0.918. The molecule has 0 saturated carbocycles. The number of allylic oxidation sites excluding steroid dienone is 1. The van der Waals surface area contributed by atoms with Crippen molar-refractivity contribution in [2.45, 2.75) is 6.42 Å². The van der Waals surface area contributed by atoms with Gasteiger partial charge in [0.05, 0.1) is 0 Å². The van der Waals surface area contributed by atoms with Gasteiger partial charge in [0, 0.05) is 17.5 Å². The molecule has 0 bridgehead atoms. The summed E-state index contributed by atoms with van der Waals surface area (Å²) in [5.74, 6) is 0. The maximum atomic E-state index is 3.79. The van der Waals surface area contributed by atoms with Crippen LogP contribution in [0.15, 0.2) is 18.9 Å². The van der Waals surface area contributed by atoms with Gasteiger partial charge in [0.1, 0.15) is 0 Å². The maximum absolute atomic E-state index is 3.79. The molecule has 41 valence electrons. The molecule has 0 atom stereocenters. The van der Waals surface area contributed by atoms with Crippen LogP contribution in [0, 0.1) is 5.51 Å². The fourth-order valence-corrected chi connectivity index (χ4v) is 0.976. The van der Waals surface area contributed by atoms with Gasteiger partial charge in [0.2, 0.25) is 0 Å². The van der Waals surface area contributed by atoms with E-state index in [1.54, 1.807) is 11.3 Å². The molecule has 0 unspecified atom stereocenters. The van der Waals surface area contributed by atoms with Gasteiger partial charge in [-0.25, -0.2) is 4.98 Å². The van der Waals surface area contributed by atoms with E-state index in [0.29, 0.717) is 0 Å². The van der Waals surface area contributed by atoms with Gasteiger partial charge in [-0.05, 0) is 0 Å². The summed E-state index contributed by atoms with van der Waals surface area (Å²) in [6, 6.07) is 0. The Morgan fingerprint density at radius 1 is 2.00 bits per heavy atom. The highest BCUT2D eigenvalue weighted by molar-refractivity contribution is 7.09. The molecular formula is C6H6NS. The topological polar surface area (TPSA) is 12.9 Å². The molecule has 0 aliphatic rings. The van der Waals surface area contributed by atoms with Crippen molar-refractivity contribution in [3.63, 3.8) is 0 Å². The highest BCUT2D eigenvalue weighted by Crippen LogP contribution is 2.04. The molecule has 0 saturated heterocycles. The Kier molecular flexibility index (Phi) is 1.80. The summed E-state index contributed by atoms with van der Waals surface area (Å²) in [5.41, 5.74) is 2.76. The van der Waals surface area contributed by atoms with Crippen LogP contribution in [0.25, 0.3) is 0 Å². The molecule has 0 aromatic carbocycles. The number of hydrogen-bond acceptors (Lipinski definition) is 2. The second kappa shape index (κ2) is 2.62. The summed E-state index contributed by atoms with van der Waals surface area (Å²) >= 11 is 1.54. The van der Waals surface area contributed by atoms with Crippen LogP contribution in [0.5, 0.6) is 0 Å². The van der Waals surface area contributed by atoms with E-state index in [1.165, 1.54) is 4.88 Å². The van der Waals surface area contributed by atoms with Crippen LogP contribution in [-0.4, -0.2) is 4.98 Å². The highest BCUT2D eigenvalue weighted by Gasteiger charge is 1.86. The van der Waals surface area contributed by atoms with E-state index in [9.17, 15) is 0 Å². The standard InChI is InChI=1S/C6H6NS/c1-2-3-6-4-7-5-8-6/h2,4H,1,3H2. The lowest BCUT2D eigenvalue weighted by atomic mass is 10.4. The van der Waals surface area contributed by atoms with Crippen molar-refractivity contribution in [3.8, 4) is 0 Å². The summed E-state index contributed by atoms with van der Waals surface area (Å²) in [6.45, 7) is 3.60. The Morgan fingerprint density at radius 2 is 2.88 bits per heavy atom. The first-order chi connectivity index (χ1) is 3.93. The number of aromatic nitrogens is 1. The van der Waals surface area contributed by atoms with Crippen LogP contribution in [0.2, 0.25) is 0 Å². The molecule has 1 rings (SSSR count). The molecule has 0 fully saturated rings. The lowest BCUT2D eigenvalue weighted by Crippen LogP contribution is -1.67. The third-order valence-electron chi connectivity index (χ3n) is 0.784. The Balaban J connectivity index is 2.62. The average Bonchev–Trinajstić information content (AvgIpc) is 2.19. The fraction of sp³-hybridized carbons (Fsp3) is 0.167. The molecule has 1 aromatic heterocycles. The quantitative estimate of drug-likeness (QED) is 0.546. The summed E-state index contributed by atoms with van der Waals surface area (Å²) in [4.78, 5) is 5.01. The summed E-state index contributed by atoms with van der Waals surface area (Å²) in [7, 11) is 0. The van der Waals surface area contributed by atoms with Crippen LogP contribution >= 0.6 is 11.3 Å². The van der Waals surface area contributed by atoms with E-state index in [4.69, 9.17) is 0 Å². The Hall–Kier alpha value is -0.630. The third-order valence-corrected chi connectivity index (χ3v) is 1.51. The van der Waals surface area contributed by atoms with Gasteiger partial charge >= 0.3 is 0 Å². The van der Waals surface area contributed by atoms with Crippen molar-refractivity contribution >= 4 is 11.3 Å². The van der Waals surface area contributed by atoms with Crippen molar-refractivity contribution in [2.24, 2.45) is 0 Å². The predicted octanol–water partition coefficient (Wildman–Crippen LogP) is 1.67. The molecule has 1 nitrogen and oxygen atoms in total. The van der Waals surface area contributed by atoms with Crippen molar-refractivity contribution in [1.82, 2.24) is 4.98 Å². The molecule has 0 amide bonds. The van der Waals surface area contributed by atoms with Gasteiger partial charge in [0.15, 0.2) is 5.51 Å². The summed E-state index contributed by atoms with van der Waals surface area (Å²) in [5, 5.41) is 0. The third kappa shape index (κ3) is 1.17. The van der Waals surface area contributed by atoms with E-state index in [0.717, 1.165) is 6.42 Å². The first-order valence-corrected chi connectivity index (χ1v) is 3.17. The van der Waals surface area contributed by atoms with Crippen LogP contribution in [0.3, 0.4) is 0 Å². The zero-order chi connectivity index (χ0) is 5.82. The minimum Gasteiger partial charge on any atom is -0.242 e. The molecule has 0 N–H and O–H groups in total. The molecule has 1 radical (unpaired) electrons. The largest absolute Gasteiger partial charge is 0.242 e. The molecule has 0 aliphatic carbocycles. The van der Waals surface area contributed by atoms with Gasteiger partial charge in [0.25, 0.3) is 0 Å². The van der Waals surface area contributed by atoms with Crippen LogP contribution < -0.4 is 0 Å². The molecule has 0 aliphatic heterocycles. The molecule has 8 heavy (non-hydrogen) atoms. The summed E-state index contributed by atoms with van der Waals surface area (Å²) < 4.78 is 0. The monoisotopic (exact) mass is 124 g/mol. The van der Waals surface area contributed by atoms with E-state index < -0.39 is 0 Å². The van der Waals surface area contributed by atoms with Crippen molar-refractivity contribution in [1.29, 1.82) is 0 Å². The molecule has 0 spiro atoms. The van der Waals surface area contributed by atoms with Gasteiger partial charge < -0.3 is 0 Å². The Morgan fingerprint density at radius 3 is 3.38 bits per heavy atom. The second-order valence-corrected chi connectivity index (χ2v) is 2.32. The Labute approximate surface area is 52.7 Å². The van der Waals surface area contributed by atoms with Gasteiger partial charge in [-0.3, -0.25) is 0 Å². The number of hydrogen-bond donors (Lipinski definition) is 0. The molecule has 2 heteroatoms. The van der Waals surface area contributed by atoms with Crippen molar-refractivity contribution < 1.29 is 0 Å². The van der Waals surface area contributed by atoms with Gasteiger partial charge in [-0.1, -0.05) is 6.08 Å². The molecular weight excluding hydrogens is 118 g/mol. The fourth-order valence-electron chi connectivity index (χ4n) is 0.446. The second-order valence-electron chi connectivity index (χ2n) is 1.41. The molecule has 1 heterocycles. The van der Waals surface area contributed by atoms with E-state index in [1.807, 2.05) is 12.3 Å². The first kappa shape index (κ1) is 5.51. The zero-order valence-corrected chi connectivity index (χ0v) is 5.24. The van der Waals surface area contributed by atoms with Gasteiger partial charge in [-0.15, -0.1) is 17.9 Å². The minimum atomic E-state index is 0.918. The maximum Gasteiger partial charge on any atom is 0.152 e. The zero-order valence-electron chi connectivity index (χ0n) is 4.42. The SMILES string of the molecule is C=CCc1cn[c]s1. The van der Waals surface area contributed by atoms with Crippen LogP contribution in [0.4, 0.5) is 0 Å².